The fourth-order valence-electron chi connectivity index (χ4n) is 3.05. The molecule has 10 heteroatoms. The summed E-state index contributed by atoms with van der Waals surface area (Å²) >= 11 is 1.22. The van der Waals surface area contributed by atoms with E-state index in [4.69, 9.17) is 4.74 Å². The van der Waals surface area contributed by atoms with Gasteiger partial charge >= 0.3 is 0 Å². The predicted octanol–water partition coefficient (Wildman–Crippen LogP) is 3.62. The molecule has 0 radical (unpaired) electrons. The van der Waals surface area contributed by atoms with E-state index in [1.54, 1.807) is 18.2 Å². The number of benzene rings is 2. The van der Waals surface area contributed by atoms with Crippen LogP contribution in [0.3, 0.4) is 0 Å². The summed E-state index contributed by atoms with van der Waals surface area (Å²) in [7, 11) is -2.33. The number of aryl methyl sites for hydroxylation is 2. The molecule has 0 saturated carbocycles. The molecule has 3 aromatic rings. The zero-order valence-corrected chi connectivity index (χ0v) is 19.5. The molecule has 0 fully saturated rings. The standard InChI is InChI=1S/C21H24N4O4S2/c1-13-6-9-16(10-7-13)20-23-24-21(30-20)22-19(26)15(3)25(31(5,27)28)17-12-14(2)8-11-18(17)29-4/h6-12,15H,1-5H3,(H,22,24,26). The van der Waals surface area contributed by atoms with E-state index in [0.717, 1.165) is 27.3 Å². The van der Waals surface area contributed by atoms with Gasteiger partial charge in [-0.05, 0) is 38.5 Å². The van der Waals surface area contributed by atoms with Crippen LogP contribution in [0.5, 0.6) is 5.75 Å². The summed E-state index contributed by atoms with van der Waals surface area (Å²) in [5.41, 5.74) is 3.15. The highest BCUT2D eigenvalue weighted by atomic mass is 32.2. The minimum Gasteiger partial charge on any atom is -0.495 e. The van der Waals surface area contributed by atoms with Gasteiger partial charge in [0.2, 0.25) is 21.1 Å². The maximum atomic E-state index is 12.9. The van der Waals surface area contributed by atoms with Crippen LogP contribution in [0.1, 0.15) is 18.1 Å². The van der Waals surface area contributed by atoms with Gasteiger partial charge in [-0.25, -0.2) is 8.42 Å². The molecule has 3 rings (SSSR count). The minimum absolute atomic E-state index is 0.289. The van der Waals surface area contributed by atoms with Gasteiger partial charge in [-0.1, -0.05) is 47.2 Å². The van der Waals surface area contributed by atoms with Gasteiger partial charge in [0.1, 0.15) is 16.8 Å². The number of nitrogens with one attached hydrogen (secondary N) is 1. The van der Waals surface area contributed by atoms with E-state index in [0.29, 0.717) is 16.4 Å². The van der Waals surface area contributed by atoms with Crippen molar-refractivity contribution in [2.24, 2.45) is 0 Å². The van der Waals surface area contributed by atoms with Crippen molar-refractivity contribution >= 4 is 38.1 Å². The first-order chi connectivity index (χ1) is 14.6. The number of aromatic nitrogens is 2. The summed E-state index contributed by atoms with van der Waals surface area (Å²) in [6, 6.07) is 11.9. The number of hydrogen-bond acceptors (Lipinski definition) is 7. The van der Waals surface area contributed by atoms with Crippen LogP contribution in [0.4, 0.5) is 10.8 Å². The van der Waals surface area contributed by atoms with Gasteiger partial charge < -0.3 is 4.74 Å². The van der Waals surface area contributed by atoms with Crippen LogP contribution in [-0.4, -0.2) is 43.9 Å². The van der Waals surface area contributed by atoms with Gasteiger partial charge in [0, 0.05) is 5.56 Å². The fraction of sp³-hybridized carbons (Fsp3) is 0.286. The molecule has 0 bridgehead atoms. The molecule has 0 aliphatic rings. The van der Waals surface area contributed by atoms with E-state index in [9.17, 15) is 13.2 Å². The van der Waals surface area contributed by atoms with Crippen molar-refractivity contribution < 1.29 is 17.9 Å². The lowest BCUT2D eigenvalue weighted by Crippen LogP contribution is -2.45. The van der Waals surface area contributed by atoms with Crippen molar-refractivity contribution in [3.63, 3.8) is 0 Å². The Bertz CT molecular complexity index is 1190. The van der Waals surface area contributed by atoms with E-state index in [2.05, 4.69) is 15.5 Å². The maximum Gasteiger partial charge on any atom is 0.249 e. The average molecular weight is 461 g/mol. The van der Waals surface area contributed by atoms with Crippen LogP contribution in [0.15, 0.2) is 42.5 Å². The molecule has 1 heterocycles. The van der Waals surface area contributed by atoms with E-state index in [1.165, 1.54) is 25.4 Å². The lowest BCUT2D eigenvalue weighted by Gasteiger charge is -2.29. The van der Waals surface area contributed by atoms with Gasteiger partial charge in [0.25, 0.3) is 0 Å². The second-order valence-electron chi connectivity index (χ2n) is 7.18. The molecule has 0 saturated heterocycles. The minimum atomic E-state index is -3.79. The molecule has 1 amide bonds. The van der Waals surface area contributed by atoms with Gasteiger partial charge in [0.15, 0.2) is 0 Å². The SMILES string of the molecule is COc1ccc(C)cc1N(C(C)C(=O)Nc1nnc(-c2ccc(C)cc2)s1)S(C)(=O)=O. The summed E-state index contributed by atoms with van der Waals surface area (Å²) in [5, 5.41) is 11.8. The molecule has 2 aromatic carbocycles. The molecule has 0 aliphatic heterocycles. The Morgan fingerprint density at radius 2 is 1.74 bits per heavy atom. The molecule has 31 heavy (non-hydrogen) atoms. The number of anilines is 2. The van der Waals surface area contributed by atoms with Crippen molar-refractivity contribution in [3.05, 3.63) is 53.6 Å². The normalized spacial score (nSPS) is 12.3. The Hall–Kier alpha value is -2.98. The van der Waals surface area contributed by atoms with E-state index >= 15 is 0 Å². The summed E-state index contributed by atoms with van der Waals surface area (Å²) in [5.74, 6) is -0.172. The average Bonchev–Trinajstić information content (AvgIpc) is 3.16. The number of sulfonamides is 1. The molecule has 164 valence electrons. The summed E-state index contributed by atoms with van der Waals surface area (Å²) in [4.78, 5) is 12.9. The van der Waals surface area contributed by atoms with Gasteiger partial charge in [0.05, 0.1) is 19.1 Å². The Balaban J connectivity index is 1.86. The monoisotopic (exact) mass is 460 g/mol. The number of methoxy groups -OCH3 is 1. The Kier molecular flexibility index (Phi) is 6.61. The molecular formula is C21H24N4O4S2. The molecule has 0 aliphatic carbocycles. The number of amides is 1. The quantitative estimate of drug-likeness (QED) is 0.578. The number of carbonyl (C=O) groups excluding carboxylic acids is 1. The Labute approximate surface area is 185 Å². The zero-order valence-electron chi connectivity index (χ0n) is 17.9. The Morgan fingerprint density at radius 3 is 2.35 bits per heavy atom. The van der Waals surface area contributed by atoms with Crippen LogP contribution in [0.25, 0.3) is 10.6 Å². The van der Waals surface area contributed by atoms with Crippen LogP contribution >= 0.6 is 11.3 Å². The Morgan fingerprint density at radius 1 is 1.10 bits per heavy atom. The molecule has 1 atom stereocenters. The van der Waals surface area contributed by atoms with Gasteiger partial charge in [-0.2, -0.15) is 0 Å². The number of nitrogens with zero attached hydrogens (tertiary/aromatic N) is 3. The largest absolute Gasteiger partial charge is 0.495 e. The number of ether oxygens (including phenoxy) is 1. The number of carbonyl (C=O) groups is 1. The third-order valence-electron chi connectivity index (χ3n) is 4.61. The summed E-state index contributed by atoms with van der Waals surface area (Å²) in [6.07, 6.45) is 1.05. The van der Waals surface area contributed by atoms with Crippen molar-refractivity contribution in [3.8, 4) is 16.3 Å². The van der Waals surface area contributed by atoms with Crippen molar-refractivity contribution in [2.45, 2.75) is 26.8 Å². The summed E-state index contributed by atoms with van der Waals surface area (Å²) in [6.45, 7) is 5.34. The lowest BCUT2D eigenvalue weighted by molar-refractivity contribution is -0.116. The molecule has 0 spiro atoms. The molecule has 1 unspecified atom stereocenters. The summed E-state index contributed by atoms with van der Waals surface area (Å²) < 4.78 is 31.6. The van der Waals surface area contributed by atoms with E-state index in [1.807, 2.05) is 38.1 Å². The lowest BCUT2D eigenvalue weighted by atomic mass is 10.2. The molecule has 1 aromatic heterocycles. The van der Waals surface area contributed by atoms with Crippen LogP contribution < -0.4 is 14.4 Å². The maximum absolute atomic E-state index is 12.9. The predicted molar refractivity (Wildman–Crippen MR) is 123 cm³/mol. The molecular weight excluding hydrogens is 436 g/mol. The van der Waals surface area contributed by atoms with Crippen LogP contribution in [0.2, 0.25) is 0 Å². The number of hydrogen-bond donors (Lipinski definition) is 1. The zero-order chi connectivity index (χ0) is 22.8. The highest BCUT2D eigenvalue weighted by molar-refractivity contribution is 7.92. The van der Waals surface area contributed by atoms with Crippen LogP contribution in [-0.2, 0) is 14.8 Å². The topological polar surface area (TPSA) is 101 Å². The highest BCUT2D eigenvalue weighted by Crippen LogP contribution is 2.33. The number of rotatable bonds is 7. The van der Waals surface area contributed by atoms with Crippen LogP contribution in [0, 0.1) is 13.8 Å². The van der Waals surface area contributed by atoms with E-state index in [-0.39, 0.29) is 5.13 Å². The highest BCUT2D eigenvalue weighted by Gasteiger charge is 2.32. The van der Waals surface area contributed by atoms with Gasteiger partial charge in [-0.3, -0.25) is 14.4 Å². The van der Waals surface area contributed by atoms with Crippen molar-refractivity contribution in [1.29, 1.82) is 0 Å². The van der Waals surface area contributed by atoms with E-state index < -0.39 is 22.0 Å². The smallest absolute Gasteiger partial charge is 0.249 e. The first-order valence-electron chi connectivity index (χ1n) is 9.45. The van der Waals surface area contributed by atoms with Gasteiger partial charge in [-0.15, -0.1) is 10.2 Å². The first-order valence-corrected chi connectivity index (χ1v) is 12.1. The fourth-order valence-corrected chi connectivity index (χ4v) is 4.97. The second-order valence-corrected chi connectivity index (χ2v) is 10.0. The third kappa shape index (κ3) is 5.20. The van der Waals surface area contributed by atoms with Crippen molar-refractivity contribution in [2.75, 3.05) is 23.0 Å². The molecule has 8 nitrogen and oxygen atoms in total. The first kappa shape index (κ1) is 22.7. The second kappa shape index (κ2) is 9.03. The molecule has 1 N–H and O–H groups in total. The van der Waals surface area contributed by atoms with Crippen molar-refractivity contribution in [1.82, 2.24) is 10.2 Å². The third-order valence-corrected chi connectivity index (χ3v) is 6.73.